The van der Waals surface area contributed by atoms with Gasteiger partial charge < -0.3 is 21.9 Å². The summed E-state index contributed by atoms with van der Waals surface area (Å²) in [5, 5.41) is 0. The Morgan fingerprint density at radius 3 is 0.429 bits per heavy atom. The molecule has 4 nitrogen and oxygen atoms in total. The summed E-state index contributed by atoms with van der Waals surface area (Å²) in [6.07, 6.45) is 0. The first kappa shape index (κ1) is 162. The van der Waals surface area contributed by atoms with Crippen molar-refractivity contribution >= 4 is 62.0 Å². The van der Waals surface area contributed by atoms with E-state index in [9.17, 15) is 0 Å². The zero-order valence-corrected chi connectivity index (χ0v) is 9.48. The normalized spacial score (nSPS) is 0. The van der Waals surface area contributed by atoms with Gasteiger partial charge >= 0.3 is 62.0 Å². The van der Waals surface area contributed by atoms with E-state index >= 15 is 0 Å². The molecule has 0 amide bonds. The Labute approximate surface area is 83.3 Å². The predicted octanol–water partition coefficient (Wildman–Crippen LogP) is -1.62. The van der Waals surface area contributed by atoms with Crippen LogP contribution in [-0.4, -0.2) is 62.0 Å². The summed E-state index contributed by atoms with van der Waals surface area (Å²) in [7, 11) is 0. The summed E-state index contributed by atoms with van der Waals surface area (Å²) in [5.41, 5.74) is 0. The number of hydrogen-bond acceptors (Lipinski definition) is 0. The minimum Gasteiger partial charge on any atom is -2.00 e. The van der Waals surface area contributed by atoms with Crippen molar-refractivity contribution < 1.29 is 21.9 Å². The molecule has 0 spiro atoms. The third kappa shape index (κ3) is 79.6. The molecule has 0 heterocycles. The van der Waals surface area contributed by atoms with Gasteiger partial charge in [-0.2, -0.15) is 0 Å². The van der Waals surface area contributed by atoms with Crippen molar-refractivity contribution in [2.45, 2.75) is 0 Å². The van der Waals surface area contributed by atoms with E-state index in [1.54, 1.807) is 0 Å². The molecule has 0 aromatic rings. The topological polar surface area (TPSA) is 114 Å². The summed E-state index contributed by atoms with van der Waals surface area (Å²) in [6.45, 7) is 0. The molecule has 0 N–H and O–H groups in total. The third-order valence-electron chi connectivity index (χ3n) is 0. The van der Waals surface area contributed by atoms with Crippen LogP contribution in [-0.2, 0) is 21.9 Å². The van der Waals surface area contributed by atoms with Gasteiger partial charge in [0.2, 0.25) is 0 Å². The van der Waals surface area contributed by atoms with E-state index in [0.29, 0.717) is 0 Å². The van der Waals surface area contributed by atoms with Gasteiger partial charge in [-0.3, -0.25) is 0 Å². The molecule has 0 bridgehead atoms. The van der Waals surface area contributed by atoms with Crippen LogP contribution in [0.25, 0.3) is 0 Å². The van der Waals surface area contributed by atoms with Crippen LogP contribution in [0.3, 0.4) is 0 Å². The molecular formula is Al2O4Pb. The Kier molecular flexibility index (Phi) is 2530. The maximum Gasteiger partial charge on any atom is 3.00 e. The molecule has 0 aromatic heterocycles. The molecular weight excluding hydrogens is 325 g/mol. The molecule has 7 heteroatoms. The maximum absolute atomic E-state index is 0. The summed E-state index contributed by atoms with van der Waals surface area (Å²) in [6, 6.07) is 0. The van der Waals surface area contributed by atoms with E-state index in [-0.39, 0.29) is 83.9 Å². The zero-order chi connectivity index (χ0) is 0. The fourth-order valence-corrected chi connectivity index (χ4v) is 0. The van der Waals surface area contributed by atoms with Crippen molar-refractivity contribution in [1.82, 2.24) is 0 Å². The van der Waals surface area contributed by atoms with Crippen LogP contribution in [0.2, 0.25) is 0 Å². The van der Waals surface area contributed by atoms with Gasteiger partial charge in [0.1, 0.15) is 0 Å². The molecule has 2 radical (unpaired) electrons. The first-order valence-electron chi connectivity index (χ1n) is 0. The molecule has 0 saturated carbocycles. The van der Waals surface area contributed by atoms with E-state index in [4.69, 9.17) is 0 Å². The summed E-state index contributed by atoms with van der Waals surface area (Å²) >= 11 is 0. The van der Waals surface area contributed by atoms with Gasteiger partial charge in [-0.25, -0.2) is 0 Å². The third-order valence-corrected chi connectivity index (χ3v) is 0. The molecule has 0 aliphatic rings. The van der Waals surface area contributed by atoms with Crippen LogP contribution in [0.1, 0.15) is 0 Å². The summed E-state index contributed by atoms with van der Waals surface area (Å²) in [5.74, 6) is 0. The summed E-state index contributed by atoms with van der Waals surface area (Å²) in [4.78, 5) is 0. The Bertz CT molecular complexity index is 9.65. The largest absolute Gasteiger partial charge is 3.00 e. The first-order chi connectivity index (χ1) is 0. The van der Waals surface area contributed by atoms with E-state index < -0.39 is 0 Å². The minimum absolute atomic E-state index is 0. The second-order valence-electron chi connectivity index (χ2n) is 0. The number of hydrogen-bond donors (Lipinski definition) is 0. The van der Waals surface area contributed by atoms with Crippen LogP contribution >= 0.6 is 0 Å². The van der Waals surface area contributed by atoms with Gasteiger partial charge in [-0.05, 0) is 0 Å². The molecule has 0 aromatic carbocycles. The van der Waals surface area contributed by atoms with Crippen LogP contribution in [0, 0.1) is 0 Å². The first-order valence-corrected chi connectivity index (χ1v) is 0. The molecule has 0 atom stereocenters. The Balaban J connectivity index is 0. The zero-order valence-electron chi connectivity index (χ0n) is 3.29. The van der Waals surface area contributed by atoms with Crippen molar-refractivity contribution in [1.29, 1.82) is 0 Å². The van der Waals surface area contributed by atoms with Crippen LogP contribution in [0.5, 0.6) is 0 Å². The molecule has 7 heavy (non-hydrogen) atoms. The second-order valence-corrected chi connectivity index (χ2v) is 0. The average molecular weight is 325 g/mol. The fraction of sp³-hybridized carbons (Fsp3) is 0. The molecule has 0 saturated heterocycles. The van der Waals surface area contributed by atoms with Crippen molar-refractivity contribution in [2.24, 2.45) is 0 Å². The van der Waals surface area contributed by atoms with E-state index in [2.05, 4.69) is 0 Å². The van der Waals surface area contributed by atoms with Gasteiger partial charge in [0.25, 0.3) is 0 Å². The molecule has 0 rings (SSSR count). The van der Waals surface area contributed by atoms with Crippen LogP contribution in [0.15, 0.2) is 0 Å². The quantitative estimate of drug-likeness (QED) is 0.477. The van der Waals surface area contributed by atoms with Gasteiger partial charge in [0.15, 0.2) is 0 Å². The van der Waals surface area contributed by atoms with Crippen molar-refractivity contribution in [3.63, 3.8) is 0 Å². The van der Waals surface area contributed by atoms with Crippen LogP contribution < -0.4 is 0 Å². The van der Waals surface area contributed by atoms with Gasteiger partial charge in [-0.15, -0.1) is 0 Å². The van der Waals surface area contributed by atoms with Gasteiger partial charge in [0.05, 0.1) is 0 Å². The van der Waals surface area contributed by atoms with E-state index in [1.807, 2.05) is 0 Å². The molecule has 0 unspecified atom stereocenters. The Hall–Kier alpha value is 1.83. The summed E-state index contributed by atoms with van der Waals surface area (Å²) < 4.78 is 0. The standard InChI is InChI=1S/2Al.4O.Pb/q2*+3;4*-2;+2. The molecule has 0 aliphatic heterocycles. The minimum atomic E-state index is 0. The van der Waals surface area contributed by atoms with Crippen LogP contribution in [0.4, 0.5) is 0 Å². The van der Waals surface area contributed by atoms with E-state index in [1.165, 1.54) is 0 Å². The van der Waals surface area contributed by atoms with Crippen molar-refractivity contribution in [3.05, 3.63) is 0 Å². The Morgan fingerprint density at radius 1 is 0.429 bits per heavy atom. The monoisotopic (exact) mass is 326 g/mol. The van der Waals surface area contributed by atoms with E-state index in [0.717, 1.165) is 0 Å². The SMILES string of the molecule is [Al+3].[Al+3].[O-2].[O-2].[O-2].[O-2].[Pb+2]. The number of rotatable bonds is 0. The van der Waals surface area contributed by atoms with Gasteiger partial charge in [-0.1, -0.05) is 0 Å². The second kappa shape index (κ2) is 109. The maximum atomic E-state index is 0. The van der Waals surface area contributed by atoms with Crippen molar-refractivity contribution in [3.8, 4) is 0 Å². The molecule has 0 fully saturated rings. The molecule has 34 valence electrons. The Morgan fingerprint density at radius 2 is 0.429 bits per heavy atom. The predicted molar refractivity (Wildman–Crippen MR) is 20.0 cm³/mol. The van der Waals surface area contributed by atoms with Gasteiger partial charge in [0, 0.05) is 0 Å². The van der Waals surface area contributed by atoms with Crippen molar-refractivity contribution in [2.75, 3.05) is 0 Å². The molecule has 0 aliphatic carbocycles. The fourth-order valence-electron chi connectivity index (χ4n) is 0. The average Bonchev–Trinajstić information content (AvgIpc) is 0. The smallest absolute Gasteiger partial charge is 2.00 e.